The van der Waals surface area contributed by atoms with Gasteiger partial charge >= 0.3 is 0 Å². The van der Waals surface area contributed by atoms with E-state index in [1.807, 2.05) is 0 Å². The highest BCUT2D eigenvalue weighted by atomic mass is 16.5. The van der Waals surface area contributed by atoms with Crippen molar-refractivity contribution in [2.45, 2.75) is 31.8 Å². The Morgan fingerprint density at radius 3 is 3.00 bits per heavy atom. The van der Waals surface area contributed by atoms with Crippen molar-refractivity contribution in [3.63, 3.8) is 0 Å². The topological polar surface area (TPSA) is 67.6 Å². The monoisotopic (exact) mass is 229 g/mol. The third kappa shape index (κ3) is 3.43. The van der Waals surface area contributed by atoms with Gasteiger partial charge in [-0.1, -0.05) is 6.92 Å². The van der Waals surface area contributed by atoms with Gasteiger partial charge in [0.05, 0.1) is 13.2 Å². The van der Waals surface area contributed by atoms with E-state index in [0.29, 0.717) is 19.0 Å². The number of nitrogens with two attached hydrogens (primary N) is 1. The molecule has 0 aromatic carbocycles. The van der Waals surface area contributed by atoms with Crippen molar-refractivity contribution >= 4 is 5.91 Å². The number of ether oxygens (including phenoxy) is 1. The molecule has 0 radical (unpaired) electrons. The maximum atomic E-state index is 11.4. The van der Waals surface area contributed by atoms with E-state index in [0.717, 1.165) is 26.2 Å². The minimum absolute atomic E-state index is 0.0526. The molecule has 0 bridgehead atoms. The van der Waals surface area contributed by atoms with Crippen LogP contribution in [0.2, 0.25) is 0 Å². The molecule has 0 aromatic rings. The molecule has 16 heavy (non-hydrogen) atoms. The third-order valence-electron chi connectivity index (χ3n) is 3.19. The van der Waals surface area contributed by atoms with E-state index in [2.05, 4.69) is 17.1 Å². The summed E-state index contributed by atoms with van der Waals surface area (Å²) in [6, 6.07) is 0.528. The summed E-state index contributed by atoms with van der Waals surface area (Å²) < 4.78 is 5.45. The van der Waals surface area contributed by atoms with Crippen LogP contribution in [0.25, 0.3) is 0 Å². The van der Waals surface area contributed by atoms with Gasteiger partial charge in [0.15, 0.2) is 0 Å². The largest absolute Gasteiger partial charge is 0.378 e. The van der Waals surface area contributed by atoms with Crippen LogP contribution in [-0.2, 0) is 9.53 Å². The van der Waals surface area contributed by atoms with E-state index in [1.165, 1.54) is 0 Å². The highest BCUT2D eigenvalue weighted by molar-refractivity contribution is 5.76. The second kappa shape index (κ2) is 6.83. The summed E-state index contributed by atoms with van der Waals surface area (Å²) in [6.07, 6.45) is 1.51. The van der Waals surface area contributed by atoms with Gasteiger partial charge in [-0.15, -0.1) is 0 Å². The normalized spacial score (nSPS) is 24.1. The number of nitrogens with zero attached hydrogens (tertiary/aromatic N) is 1. The molecule has 2 unspecified atom stereocenters. The van der Waals surface area contributed by atoms with Crippen molar-refractivity contribution in [3.05, 3.63) is 0 Å². The minimum atomic E-state index is 0.0526. The molecule has 5 heteroatoms. The summed E-state index contributed by atoms with van der Waals surface area (Å²) in [5, 5.41) is 2.65. The van der Waals surface area contributed by atoms with E-state index in [9.17, 15) is 4.79 Å². The number of carbonyl (C=O) groups excluding carboxylic acids is 1. The third-order valence-corrected chi connectivity index (χ3v) is 3.19. The van der Waals surface area contributed by atoms with Crippen molar-refractivity contribution < 1.29 is 9.53 Å². The van der Waals surface area contributed by atoms with Gasteiger partial charge in [0.1, 0.15) is 0 Å². The van der Waals surface area contributed by atoms with Gasteiger partial charge in [0, 0.05) is 38.6 Å². The number of nitrogens with one attached hydrogen (secondary N) is 1. The standard InChI is InChI=1S/C11H23N3O2/c1-3-9-8-16-5-4-14(9)10(7-12)6-11(15)13-2/h9-10H,3-8,12H2,1-2H3,(H,13,15). The van der Waals surface area contributed by atoms with Crippen LogP contribution in [0, 0.1) is 0 Å². The molecule has 0 aromatic heterocycles. The second-order valence-corrected chi connectivity index (χ2v) is 4.14. The molecule has 1 aliphatic heterocycles. The molecule has 0 aliphatic carbocycles. The zero-order valence-corrected chi connectivity index (χ0v) is 10.2. The molecule has 5 nitrogen and oxygen atoms in total. The van der Waals surface area contributed by atoms with E-state index in [4.69, 9.17) is 10.5 Å². The average Bonchev–Trinajstić information content (AvgIpc) is 2.35. The Hall–Kier alpha value is -0.650. The fraction of sp³-hybridized carbons (Fsp3) is 0.909. The van der Waals surface area contributed by atoms with Gasteiger partial charge < -0.3 is 15.8 Å². The Kier molecular flexibility index (Phi) is 5.73. The van der Waals surface area contributed by atoms with Crippen LogP contribution < -0.4 is 11.1 Å². The van der Waals surface area contributed by atoms with Gasteiger partial charge in [-0.2, -0.15) is 0 Å². The Morgan fingerprint density at radius 2 is 2.44 bits per heavy atom. The van der Waals surface area contributed by atoms with Crippen molar-refractivity contribution in [2.75, 3.05) is 33.4 Å². The minimum Gasteiger partial charge on any atom is -0.378 e. The van der Waals surface area contributed by atoms with E-state index in [1.54, 1.807) is 7.05 Å². The molecule has 1 aliphatic rings. The SMILES string of the molecule is CCC1COCCN1C(CN)CC(=O)NC. The maximum Gasteiger partial charge on any atom is 0.221 e. The summed E-state index contributed by atoms with van der Waals surface area (Å²) in [7, 11) is 1.66. The second-order valence-electron chi connectivity index (χ2n) is 4.14. The Labute approximate surface area is 97.3 Å². The first kappa shape index (κ1) is 13.4. The van der Waals surface area contributed by atoms with Crippen LogP contribution in [0.15, 0.2) is 0 Å². The fourth-order valence-electron chi connectivity index (χ4n) is 2.15. The molecule has 1 heterocycles. The molecule has 3 N–H and O–H groups in total. The first-order valence-corrected chi connectivity index (χ1v) is 5.97. The fourth-order valence-corrected chi connectivity index (χ4v) is 2.15. The Morgan fingerprint density at radius 1 is 1.69 bits per heavy atom. The molecular formula is C11H23N3O2. The summed E-state index contributed by atoms with van der Waals surface area (Å²) in [6.45, 7) is 5.02. The van der Waals surface area contributed by atoms with Gasteiger partial charge in [-0.3, -0.25) is 9.69 Å². The molecule has 0 spiro atoms. The molecule has 1 rings (SSSR count). The molecule has 1 fully saturated rings. The van der Waals surface area contributed by atoms with Gasteiger partial charge in [0.2, 0.25) is 5.91 Å². The highest BCUT2D eigenvalue weighted by Gasteiger charge is 2.28. The summed E-state index contributed by atoms with van der Waals surface area (Å²) in [5.74, 6) is 0.0526. The molecule has 94 valence electrons. The zero-order valence-electron chi connectivity index (χ0n) is 10.2. The van der Waals surface area contributed by atoms with Crippen molar-refractivity contribution in [1.29, 1.82) is 0 Å². The maximum absolute atomic E-state index is 11.4. The number of rotatable bonds is 5. The quantitative estimate of drug-likeness (QED) is 0.671. The molecule has 1 saturated heterocycles. The Balaban J connectivity index is 2.58. The van der Waals surface area contributed by atoms with E-state index < -0.39 is 0 Å². The molecule has 1 amide bonds. The van der Waals surface area contributed by atoms with E-state index >= 15 is 0 Å². The number of amides is 1. The predicted molar refractivity (Wildman–Crippen MR) is 63.1 cm³/mol. The smallest absolute Gasteiger partial charge is 0.221 e. The average molecular weight is 229 g/mol. The lowest BCUT2D eigenvalue weighted by Crippen LogP contribution is -2.54. The van der Waals surface area contributed by atoms with E-state index in [-0.39, 0.29) is 11.9 Å². The van der Waals surface area contributed by atoms with Gasteiger partial charge in [0.25, 0.3) is 0 Å². The van der Waals surface area contributed by atoms with Crippen LogP contribution in [0.4, 0.5) is 0 Å². The number of morpholine rings is 1. The lowest BCUT2D eigenvalue weighted by Gasteiger charge is -2.40. The summed E-state index contributed by atoms with van der Waals surface area (Å²) >= 11 is 0. The molecule has 0 saturated carbocycles. The zero-order chi connectivity index (χ0) is 12.0. The summed E-state index contributed by atoms with van der Waals surface area (Å²) in [5.41, 5.74) is 5.76. The van der Waals surface area contributed by atoms with Crippen LogP contribution in [0.5, 0.6) is 0 Å². The van der Waals surface area contributed by atoms with Crippen LogP contribution in [0.1, 0.15) is 19.8 Å². The highest BCUT2D eigenvalue weighted by Crippen LogP contribution is 2.15. The predicted octanol–water partition coefficient (Wildman–Crippen LogP) is -0.439. The Bertz CT molecular complexity index is 223. The lowest BCUT2D eigenvalue weighted by atomic mass is 10.1. The number of hydrogen-bond acceptors (Lipinski definition) is 4. The van der Waals surface area contributed by atoms with Gasteiger partial charge in [-0.25, -0.2) is 0 Å². The lowest BCUT2D eigenvalue weighted by molar-refractivity contribution is -0.123. The number of hydrogen-bond donors (Lipinski definition) is 2. The van der Waals surface area contributed by atoms with Gasteiger partial charge in [-0.05, 0) is 6.42 Å². The first-order valence-electron chi connectivity index (χ1n) is 5.97. The first-order chi connectivity index (χ1) is 7.72. The molecule has 2 atom stereocenters. The number of carbonyl (C=O) groups is 1. The summed E-state index contributed by atoms with van der Waals surface area (Å²) in [4.78, 5) is 13.7. The van der Waals surface area contributed by atoms with Crippen molar-refractivity contribution in [2.24, 2.45) is 5.73 Å². The van der Waals surface area contributed by atoms with Crippen LogP contribution >= 0.6 is 0 Å². The van der Waals surface area contributed by atoms with Crippen molar-refractivity contribution in [3.8, 4) is 0 Å². The van der Waals surface area contributed by atoms with Crippen LogP contribution in [-0.4, -0.2) is 56.2 Å². The van der Waals surface area contributed by atoms with Crippen LogP contribution in [0.3, 0.4) is 0 Å². The van der Waals surface area contributed by atoms with Crippen molar-refractivity contribution in [1.82, 2.24) is 10.2 Å². The molecular weight excluding hydrogens is 206 g/mol.